The van der Waals surface area contributed by atoms with Gasteiger partial charge in [-0.3, -0.25) is 9.59 Å². The van der Waals surface area contributed by atoms with Crippen LogP contribution >= 0.6 is 11.6 Å². The number of nitrogens with one attached hydrogen (secondary N) is 1. The van der Waals surface area contributed by atoms with E-state index in [1.165, 1.54) is 7.11 Å². The average Bonchev–Trinajstić information content (AvgIpc) is 2.66. The first-order valence-corrected chi connectivity index (χ1v) is 8.83. The van der Waals surface area contributed by atoms with Crippen LogP contribution in [0, 0.1) is 5.92 Å². The van der Waals surface area contributed by atoms with Gasteiger partial charge in [0.2, 0.25) is 0 Å². The Morgan fingerprint density at radius 2 is 1.74 bits per heavy atom. The second kappa shape index (κ2) is 9.83. The molecule has 0 spiro atoms. The number of carboxylic acid groups (broad SMARTS) is 1. The van der Waals surface area contributed by atoms with Crippen LogP contribution in [0.2, 0.25) is 5.02 Å². The minimum absolute atomic E-state index is 0.0254. The number of para-hydroxylation sites is 2. The summed E-state index contributed by atoms with van der Waals surface area (Å²) in [5, 5.41) is 12.5. The zero-order chi connectivity index (χ0) is 19.8. The summed E-state index contributed by atoms with van der Waals surface area (Å²) in [6.45, 7) is 1.55. The number of halogens is 1. The summed E-state index contributed by atoms with van der Waals surface area (Å²) in [5.41, 5.74) is 0.766. The second-order valence-corrected chi connectivity index (χ2v) is 6.39. The highest BCUT2D eigenvalue weighted by atomic mass is 35.5. The maximum atomic E-state index is 12.3. The molecular weight excluding hydrogens is 370 g/mol. The van der Waals surface area contributed by atoms with E-state index >= 15 is 0 Å². The van der Waals surface area contributed by atoms with Gasteiger partial charge in [-0.05, 0) is 37.1 Å². The summed E-state index contributed by atoms with van der Waals surface area (Å²) in [4.78, 5) is 23.8. The summed E-state index contributed by atoms with van der Waals surface area (Å²) < 4.78 is 10.8. The summed E-state index contributed by atoms with van der Waals surface area (Å²) in [6, 6.07) is 14.0. The monoisotopic (exact) mass is 391 g/mol. The zero-order valence-corrected chi connectivity index (χ0v) is 15.9. The minimum Gasteiger partial charge on any atom is -0.496 e. The first-order valence-electron chi connectivity index (χ1n) is 8.46. The van der Waals surface area contributed by atoms with Crippen molar-refractivity contribution in [1.82, 2.24) is 5.32 Å². The number of aliphatic carboxylic acids is 1. The maximum absolute atomic E-state index is 12.3. The van der Waals surface area contributed by atoms with E-state index in [9.17, 15) is 14.7 Å². The fourth-order valence-electron chi connectivity index (χ4n) is 2.54. The van der Waals surface area contributed by atoms with Crippen molar-refractivity contribution in [3.63, 3.8) is 0 Å². The standard InChI is InChI=1S/C20H22ClNO5/c1-13(27-18-10-6-4-8-16(18)21)19(23)22-12-15(20(24)25)11-14-7-3-5-9-17(14)26-2/h3-10,13,15H,11-12H2,1-2H3,(H,22,23)(H,24,25). The highest BCUT2D eigenvalue weighted by Gasteiger charge is 2.23. The van der Waals surface area contributed by atoms with E-state index in [1.54, 1.807) is 43.3 Å². The van der Waals surface area contributed by atoms with Gasteiger partial charge < -0.3 is 19.9 Å². The largest absolute Gasteiger partial charge is 0.496 e. The van der Waals surface area contributed by atoms with Crippen LogP contribution in [-0.4, -0.2) is 36.7 Å². The van der Waals surface area contributed by atoms with Crippen molar-refractivity contribution in [1.29, 1.82) is 0 Å². The third-order valence-corrected chi connectivity index (χ3v) is 4.35. The maximum Gasteiger partial charge on any atom is 0.308 e. The third kappa shape index (κ3) is 5.89. The van der Waals surface area contributed by atoms with Gasteiger partial charge in [-0.15, -0.1) is 0 Å². The first kappa shape index (κ1) is 20.6. The molecule has 0 heterocycles. The van der Waals surface area contributed by atoms with E-state index in [1.807, 2.05) is 12.1 Å². The molecule has 7 heteroatoms. The molecule has 2 atom stereocenters. The van der Waals surface area contributed by atoms with Gasteiger partial charge in [0.05, 0.1) is 18.1 Å². The fraction of sp³-hybridized carbons (Fsp3) is 0.300. The minimum atomic E-state index is -0.999. The van der Waals surface area contributed by atoms with Crippen molar-refractivity contribution in [3.05, 3.63) is 59.1 Å². The Hall–Kier alpha value is -2.73. The highest BCUT2D eigenvalue weighted by molar-refractivity contribution is 6.32. The van der Waals surface area contributed by atoms with Crippen LogP contribution in [0.4, 0.5) is 0 Å². The lowest BCUT2D eigenvalue weighted by molar-refractivity contribution is -0.141. The van der Waals surface area contributed by atoms with E-state index < -0.39 is 23.9 Å². The molecule has 0 aliphatic heterocycles. The number of carbonyl (C=O) groups excluding carboxylic acids is 1. The number of carboxylic acids is 1. The van der Waals surface area contributed by atoms with Crippen LogP contribution in [0.5, 0.6) is 11.5 Å². The highest BCUT2D eigenvalue weighted by Crippen LogP contribution is 2.24. The lowest BCUT2D eigenvalue weighted by atomic mass is 9.98. The van der Waals surface area contributed by atoms with Gasteiger partial charge in [0.25, 0.3) is 5.91 Å². The molecule has 144 valence electrons. The van der Waals surface area contributed by atoms with Crippen LogP contribution in [0.1, 0.15) is 12.5 Å². The van der Waals surface area contributed by atoms with Crippen molar-refractivity contribution in [2.24, 2.45) is 5.92 Å². The molecule has 0 saturated heterocycles. The molecule has 2 unspecified atom stereocenters. The van der Waals surface area contributed by atoms with E-state index in [2.05, 4.69) is 5.32 Å². The fourth-order valence-corrected chi connectivity index (χ4v) is 2.72. The average molecular weight is 392 g/mol. The molecule has 2 rings (SSSR count). The number of hydrogen-bond donors (Lipinski definition) is 2. The third-order valence-electron chi connectivity index (χ3n) is 4.04. The van der Waals surface area contributed by atoms with Crippen molar-refractivity contribution in [2.45, 2.75) is 19.4 Å². The smallest absolute Gasteiger partial charge is 0.308 e. The van der Waals surface area contributed by atoms with Gasteiger partial charge in [0.1, 0.15) is 11.5 Å². The summed E-state index contributed by atoms with van der Waals surface area (Å²) in [5.74, 6) is -1.20. The molecule has 0 aromatic heterocycles. The van der Waals surface area contributed by atoms with Gasteiger partial charge in [-0.25, -0.2) is 0 Å². The van der Waals surface area contributed by atoms with Crippen molar-refractivity contribution < 1.29 is 24.2 Å². The van der Waals surface area contributed by atoms with Crippen LogP contribution in [0.3, 0.4) is 0 Å². The quantitative estimate of drug-likeness (QED) is 0.685. The Morgan fingerprint density at radius 1 is 1.11 bits per heavy atom. The number of hydrogen-bond acceptors (Lipinski definition) is 4. The summed E-state index contributed by atoms with van der Waals surface area (Å²) >= 11 is 6.01. The van der Waals surface area contributed by atoms with Crippen LogP contribution in [0.15, 0.2) is 48.5 Å². The zero-order valence-electron chi connectivity index (χ0n) is 15.1. The Kier molecular flexibility index (Phi) is 7.49. The van der Waals surface area contributed by atoms with Gasteiger partial charge in [-0.2, -0.15) is 0 Å². The van der Waals surface area contributed by atoms with Crippen molar-refractivity contribution in [3.8, 4) is 11.5 Å². The molecule has 1 amide bonds. The number of amides is 1. The van der Waals surface area contributed by atoms with Crippen molar-refractivity contribution >= 4 is 23.5 Å². The Morgan fingerprint density at radius 3 is 2.37 bits per heavy atom. The number of ether oxygens (including phenoxy) is 2. The van der Waals surface area contributed by atoms with E-state index in [0.717, 1.165) is 5.56 Å². The molecular formula is C20H22ClNO5. The topological polar surface area (TPSA) is 84.9 Å². The molecule has 0 aliphatic rings. The van der Waals surface area contributed by atoms with Crippen molar-refractivity contribution in [2.75, 3.05) is 13.7 Å². The van der Waals surface area contributed by atoms with E-state index in [0.29, 0.717) is 16.5 Å². The molecule has 27 heavy (non-hydrogen) atoms. The Labute approximate surface area is 163 Å². The molecule has 2 aromatic rings. The van der Waals surface area contributed by atoms with Crippen LogP contribution < -0.4 is 14.8 Å². The molecule has 0 saturated carbocycles. The molecule has 2 aromatic carbocycles. The summed E-state index contributed by atoms with van der Waals surface area (Å²) in [7, 11) is 1.53. The van der Waals surface area contributed by atoms with E-state index in [4.69, 9.17) is 21.1 Å². The number of carbonyl (C=O) groups is 2. The van der Waals surface area contributed by atoms with Gasteiger partial charge >= 0.3 is 5.97 Å². The molecule has 0 radical (unpaired) electrons. The predicted molar refractivity (Wildman–Crippen MR) is 102 cm³/mol. The first-order chi connectivity index (χ1) is 12.9. The Bertz CT molecular complexity index is 795. The number of methoxy groups -OCH3 is 1. The lowest BCUT2D eigenvalue weighted by Gasteiger charge is -2.18. The molecule has 6 nitrogen and oxygen atoms in total. The van der Waals surface area contributed by atoms with Crippen LogP contribution in [0.25, 0.3) is 0 Å². The van der Waals surface area contributed by atoms with E-state index in [-0.39, 0.29) is 13.0 Å². The molecule has 2 N–H and O–H groups in total. The SMILES string of the molecule is COc1ccccc1CC(CNC(=O)C(C)Oc1ccccc1Cl)C(=O)O. The second-order valence-electron chi connectivity index (χ2n) is 5.99. The van der Waals surface area contributed by atoms with Crippen LogP contribution in [-0.2, 0) is 16.0 Å². The molecule has 0 fully saturated rings. The molecule has 0 bridgehead atoms. The lowest BCUT2D eigenvalue weighted by Crippen LogP contribution is -2.41. The summed E-state index contributed by atoms with van der Waals surface area (Å²) in [6.07, 6.45) is -0.579. The predicted octanol–water partition coefficient (Wildman–Crippen LogP) is 3.18. The number of benzene rings is 2. The molecule has 0 aliphatic carbocycles. The Balaban J connectivity index is 1.95. The normalized spacial score (nSPS) is 12.7. The number of rotatable bonds is 9. The van der Waals surface area contributed by atoms with Gasteiger partial charge in [-0.1, -0.05) is 41.9 Å². The van der Waals surface area contributed by atoms with Gasteiger partial charge in [0.15, 0.2) is 6.10 Å². The van der Waals surface area contributed by atoms with Gasteiger partial charge in [0, 0.05) is 6.54 Å².